The third-order valence-electron chi connectivity index (χ3n) is 8.31. The van der Waals surface area contributed by atoms with Crippen LogP contribution in [0, 0.1) is 5.92 Å². The van der Waals surface area contributed by atoms with Crippen LogP contribution in [0.1, 0.15) is 91.3 Å². The van der Waals surface area contributed by atoms with Crippen LogP contribution in [0.25, 0.3) is 22.3 Å². The highest BCUT2D eigenvalue weighted by molar-refractivity contribution is 5.88. The second-order valence-electron chi connectivity index (χ2n) is 14.6. The minimum Gasteiger partial charge on any atom is -0.443 e. The Hall–Kier alpha value is -3.73. The summed E-state index contributed by atoms with van der Waals surface area (Å²) in [7, 11) is 0. The number of ether oxygens (including phenoxy) is 2. The number of benzene rings is 1. The average Bonchev–Trinajstić information content (AvgIpc) is 3.51. The van der Waals surface area contributed by atoms with Crippen molar-refractivity contribution in [2.45, 2.75) is 103 Å². The Labute approximate surface area is 258 Å². The van der Waals surface area contributed by atoms with Crippen molar-refractivity contribution in [3.8, 4) is 11.3 Å². The van der Waals surface area contributed by atoms with Gasteiger partial charge in [0.05, 0.1) is 40.8 Å². The van der Waals surface area contributed by atoms with Gasteiger partial charge < -0.3 is 19.5 Å². The van der Waals surface area contributed by atoms with Gasteiger partial charge in [0.15, 0.2) is 0 Å². The molecule has 11 nitrogen and oxygen atoms in total. The Morgan fingerprint density at radius 1 is 1.00 bits per heavy atom. The summed E-state index contributed by atoms with van der Waals surface area (Å²) in [6.07, 6.45) is 6.81. The summed E-state index contributed by atoms with van der Waals surface area (Å²) in [5.74, 6) is 0.534. The van der Waals surface area contributed by atoms with E-state index in [1.54, 1.807) is 41.5 Å². The van der Waals surface area contributed by atoms with Crippen molar-refractivity contribution in [1.82, 2.24) is 24.6 Å². The van der Waals surface area contributed by atoms with Gasteiger partial charge in [-0.1, -0.05) is 0 Å². The maximum absolute atomic E-state index is 13.0. The number of fused-ring (bicyclic) bond motifs is 1. The van der Waals surface area contributed by atoms with Gasteiger partial charge in [-0.3, -0.25) is 9.67 Å². The lowest BCUT2D eigenvalue weighted by atomic mass is 9.80. The van der Waals surface area contributed by atoms with Crippen LogP contribution in [0.4, 0.5) is 15.3 Å². The van der Waals surface area contributed by atoms with E-state index in [1.165, 1.54) is 0 Å². The zero-order chi connectivity index (χ0) is 31.4. The molecule has 3 fully saturated rings. The molecular formula is C33H44N6O5. The van der Waals surface area contributed by atoms with E-state index in [2.05, 4.69) is 17.2 Å². The number of hydrogen-bond donors (Lipinski definition) is 1. The van der Waals surface area contributed by atoms with E-state index in [0.29, 0.717) is 12.5 Å². The molecular weight excluding hydrogens is 560 g/mol. The van der Waals surface area contributed by atoms with Crippen molar-refractivity contribution in [3.63, 3.8) is 0 Å². The number of aromatic nitrogens is 4. The molecule has 3 aliphatic rings. The molecule has 44 heavy (non-hydrogen) atoms. The fourth-order valence-corrected chi connectivity index (χ4v) is 5.93. The normalized spacial score (nSPS) is 22.2. The van der Waals surface area contributed by atoms with Gasteiger partial charge in [-0.05, 0) is 97.8 Å². The second kappa shape index (κ2) is 11.3. The van der Waals surface area contributed by atoms with Crippen LogP contribution in [0.5, 0.6) is 0 Å². The zero-order valence-electron chi connectivity index (χ0n) is 26.6. The number of aliphatic hydroxyl groups is 1. The molecule has 2 aromatic heterocycles. The van der Waals surface area contributed by atoms with Crippen LogP contribution in [0.2, 0.25) is 0 Å². The van der Waals surface area contributed by atoms with Crippen molar-refractivity contribution in [2.75, 3.05) is 24.5 Å². The van der Waals surface area contributed by atoms with E-state index in [4.69, 9.17) is 24.5 Å². The summed E-state index contributed by atoms with van der Waals surface area (Å²) < 4.78 is 13.1. The number of hydrogen-bond acceptors (Lipinski definition) is 9. The number of anilines is 1. The molecule has 0 bridgehead atoms. The SMILES string of the molecule is CC(C)(C)OC(=O)N(C[C@H]1C[C@H](n2cc(-c3cnc4ccc(N5CCC(O)C5)cc4n3)c(C3CC3)n2)C1)C(=O)OC(C)(C)C. The fraction of sp³-hybridized carbons (Fsp3) is 0.606. The summed E-state index contributed by atoms with van der Waals surface area (Å²) in [6.45, 7) is 12.4. The molecule has 2 aliphatic carbocycles. The number of nitrogens with zero attached hydrogens (tertiary/aromatic N) is 6. The first-order chi connectivity index (χ1) is 20.7. The number of aliphatic hydroxyl groups excluding tert-OH is 1. The number of rotatable bonds is 6. The van der Waals surface area contributed by atoms with E-state index in [0.717, 1.165) is 77.2 Å². The molecule has 3 aromatic rings. The summed E-state index contributed by atoms with van der Waals surface area (Å²) in [6, 6.07) is 6.25. The third kappa shape index (κ3) is 6.82. The molecule has 3 heterocycles. The predicted octanol–water partition coefficient (Wildman–Crippen LogP) is 6.07. The first kappa shape index (κ1) is 30.3. The standard InChI is InChI=1S/C33H44N6O5/c1-32(2,3)43-30(41)38(31(42)44-33(4,5)6)17-20-13-23(14-20)39-19-25(29(36-39)21-7-8-21)28-16-34-26-10-9-22(15-27(26)35-28)37-12-11-24(40)18-37/h9-10,15-16,19-21,23-24,40H,7-8,11-14,17-18H2,1-6H3/t20-,23-,24?. The van der Waals surface area contributed by atoms with Crippen LogP contribution in [-0.2, 0) is 9.47 Å². The topological polar surface area (TPSA) is 123 Å². The molecule has 11 heteroatoms. The Bertz CT molecular complexity index is 1520. The largest absolute Gasteiger partial charge is 0.443 e. The predicted molar refractivity (Wildman–Crippen MR) is 167 cm³/mol. The highest BCUT2D eigenvalue weighted by atomic mass is 16.6. The summed E-state index contributed by atoms with van der Waals surface area (Å²) in [4.78, 5) is 38.9. The average molecular weight is 605 g/mol. The molecule has 1 unspecified atom stereocenters. The van der Waals surface area contributed by atoms with Gasteiger partial charge in [-0.2, -0.15) is 5.10 Å². The number of β-amino-alcohol motifs (C(OH)–C–C–N with tert-alkyl or cyclic N) is 1. The Morgan fingerprint density at radius 3 is 2.27 bits per heavy atom. The van der Waals surface area contributed by atoms with Gasteiger partial charge in [0.1, 0.15) is 11.2 Å². The van der Waals surface area contributed by atoms with Gasteiger partial charge in [-0.25, -0.2) is 19.5 Å². The van der Waals surface area contributed by atoms with Crippen LogP contribution in [-0.4, -0.2) is 78.9 Å². The monoisotopic (exact) mass is 604 g/mol. The van der Waals surface area contributed by atoms with E-state index in [1.807, 2.05) is 23.0 Å². The van der Waals surface area contributed by atoms with Gasteiger partial charge >= 0.3 is 12.2 Å². The molecule has 0 radical (unpaired) electrons. The maximum atomic E-state index is 13.0. The molecule has 6 rings (SSSR count). The van der Waals surface area contributed by atoms with Crippen LogP contribution in [0.15, 0.2) is 30.6 Å². The second-order valence-corrected chi connectivity index (χ2v) is 14.6. The van der Waals surface area contributed by atoms with Crippen LogP contribution < -0.4 is 4.90 Å². The molecule has 2 saturated carbocycles. The Kier molecular flexibility index (Phi) is 7.80. The molecule has 0 spiro atoms. The van der Waals surface area contributed by atoms with E-state index in [-0.39, 0.29) is 24.6 Å². The van der Waals surface area contributed by atoms with Gasteiger partial charge in [-0.15, -0.1) is 0 Å². The summed E-state index contributed by atoms with van der Waals surface area (Å²) in [5.41, 5.74) is 4.12. The Balaban J connectivity index is 1.18. The van der Waals surface area contributed by atoms with Crippen LogP contribution >= 0.6 is 0 Å². The quantitative estimate of drug-likeness (QED) is 0.357. The zero-order valence-corrected chi connectivity index (χ0v) is 26.6. The molecule has 1 atom stereocenters. The van der Waals surface area contributed by atoms with E-state index in [9.17, 15) is 14.7 Å². The first-order valence-electron chi connectivity index (χ1n) is 15.7. The highest BCUT2D eigenvalue weighted by Crippen LogP contribution is 2.46. The van der Waals surface area contributed by atoms with Crippen molar-refractivity contribution in [3.05, 3.63) is 36.3 Å². The van der Waals surface area contributed by atoms with Crippen molar-refractivity contribution in [1.29, 1.82) is 0 Å². The molecule has 236 valence electrons. The number of carbonyl (C=O) groups is 2. The van der Waals surface area contributed by atoms with Crippen molar-refractivity contribution < 1.29 is 24.2 Å². The Morgan fingerprint density at radius 2 is 1.68 bits per heavy atom. The lowest BCUT2D eigenvalue weighted by molar-refractivity contribution is -0.00642. The maximum Gasteiger partial charge on any atom is 0.419 e. The number of amides is 2. The van der Waals surface area contributed by atoms with Gasteiger partial charge in [0.25, 0.3) is 0 Å². The lowest BCUT2D eigenvalue weighted by Gasteiger charge is -2.38. The first-order valence-corrected chi connectivity index (χ1v) is 15.7. The number of imide groups is 1. The molecule has 1 N–H and O–H groups in total. The lowest BCUT2D eigenvalue weighted by Crippen LogP contribution is -2.47. The van der Waals surface area contributed by atoms with E-state index < -0.39 is 23.4 Å². The molecule has 2 amide bonds. The van der Waals surface area contributed by atoms with E-state index >= 15 is 0 Å². The molecule has 1 saturated heterocycles. The van der Waals surface area contributed by atoms with Crippen molar-refractivity contribution in [2.24, 2.45) is 5.92 Å². The van der Waals surface area contributed by atoms with Crippen molar-refractivity contribution >= 4 is 28.9 Å². The third-order valence-corrected chi connectivity index (χ3v) is 8.31. The summed E-state index contributed by atoms with van der Waals surface area (Å²) >= 11 is 0. The molecule has 1 aliphatic heterocycles. The minimum atomic E-state index is -0.728. The van der Waals surface area contributed by atoms with Gasteiger partial charge in [0.2, 0.25) is 0 Å². The van der Waals surface area contributed by atoms with Gasteiger partial charge in [0, 0.05) is 43.0 Å². The minimum absolute atomic E-state index is 0.111. The fourth-order valence-electron chi connectivity index (χ4n) is 5.93. The highest BCUT2D eigenvalue weighted by Gasteiger charge is 2.39. The van der Waals surface area contributed by atoms with Crippen LogP contribution in [0.3, 0.4) is 0 Å². The number of carbonyl (C=O) groups excluding carboxylic acids is 2. The summed E-state index contributed by atoms with van der Waals surface area (Å²) in [5, 5.41) is 15.0. The molecule has 1 aromatic carbocycles. The smallest absolute Gasteiger partial charge is 0.419 e.